The maximum Gasteiger partial charge on any atom is 0.264 e. The van der Waals surface area contributed by atoms with Crippen LogP contribution >= 0.6 is 11.6 Å². The number of ether oxygens (including phenoxy) is 1. The molecule has 7 nitrogen and oxygen atoms in total. The van der Waals surface area contributed by atoms with E-state index < -0.39 is 27.3 Å². The van der Waals surface area contributed by atoms with E-state index in [1.54, 1.807) is 24.3 Å². The largest absolute Gasteiger partial charge is 0.490 e. The number of benzene rings is 2. The van der Waals surface area contributed by atoms with Crippen LogP contribution in [0.5, 0.6) is 5.75 Å². The molecule has 2 aromatic carbocycles. The summed E-state index contributed by atoms with van der Waals surface area (Å²) in [4.78, 5) is 15.8. The number of aliphatic hydroxyl groups is 1. The van der Waals surface area contributed by atoms with Crippen LogP contribution in [0.3, 0.4) is 0 Å². The molecule has 0 fully saturated rings. The lowest BCUT2D eigenvalue weighted by atomic mass is 9.70. The highest BCUT2D eigenvalue weighted by Gasteiger charge is 2.42. The summed E-state index contributed by atoms with van der Waals surface area (Å²) in [6.45, 7) is 13.7. The first kappa shape index (κ1) is 37.0. The topological polar surface area (TPSA) is 95.9 Å². The number of sulfonamides is 1. The molecule has 258 valence electrons. The van der Waals surface area contributed by atoms with Crippen molar-refractivity contribution in [3.63, 3.8) is 0 Å². The molecule has 0 saturated heterocycles. The number of anilines is 1. The van der Waals surface area contributed by atoms with E-state index >= 15 is 0 Å². The zero-order valence-corrected chi connectivity index (χ0v) is 30.1. The molecular formula is C38H53ClN2O5S. The van der Waals surface area contributed by atoms with Gasteiger partial charge in [0.2, 0.25) is 10.0 Å². The molecule has 0 bridgehead atoms. The fourth-order valence-electron chi connectivity index (χ4n) is 7.42. The molecule has 1 amide bonds. The van der Waals surface area contributed by atoms with E-state index in [0.717, 1.165) is 49.2 Å². The van der Waals surface area contributed by atoms with E-state index in [0.29, 0.717) is 44.7 Å². The van der Waals surface area contributed by atoms with Gasteiger partial charge in [0.1, 0.15) is 5.75 Å². The number of fused-ring (bicyclic) bond motifs is 3. The smallest absolute Gasteiger partial charge is 0.264 e. The summed E-state index contributed by atoms with van der Waals surface area (Å²) < 4.78 is 35.3. The molecule has 2 N–H and O–H groups in total. The van der Waals surface area contributed by atoms with Gasteiger partial charge in [0.25, 0.3) is 5.91 Å². The van der Waals surface area contributed by atoms with E-state index in [1.807, 2.05) is 19.1 Å². The summed E-state index contributed by atoms with van der Waals surface area (Å²) in [7, 11) is -3.88. The molecule has 1 spiro atoms. The molecule has 0 aromatic heterocycles. The Morgan fingerprint density at radius 3 is 2.66 bits per heavy atom. The average molecular weight is 685 g/mol. The monoisotopic (exact) mass is 684 g/mol. The van der Waals surface area contributed by atoms with Crippen LogP contribution in [0.25, 0.3) is 0 Å². The summed E-state index contributed by atoms with van der Waals surface area (Å²) in [5, 5.41) is 11.2. The number of carbonyl (C=O) groups excluding carboxylic acids is 1. The predicted molar refractivity (Wildman–Crippen MR) is 193 cm³/mol. The molecular weight excluding hydrogens is 632 g/mol. The zero-order valence-electron chi connectivity index (χ0n) is 28.5. The number of aliphatic hydroxyl groups excluding tert-OH is 1. The number of unbranched alkanes of at least 4 members (excludes halogenated alkanes) is 1. The summed E-state index contributed by atoms with van der Waals surface area (Å²) in [5.41, 5.74) is 3.19. The highest BCUT2D eigenvalue weighted by molar-refractivity contribution is 7.90. The van der Waals surface area contributed by atoms with Crippen molar-refractivity contribution in [2.45, 2.75) is 102 Å². The molecule has 0 radical (unpaired) electrons. The maximum absolute atomic E-state index is 13.5. The average Bonchev–Trinajstić information content (AvgIpc) is 3.18. The first-order valence-corrected chi connectivity index (χ1v) is 19.2. The van der Waals surface area contributed by atoms with Gasteiger partial charge in [0, 0.05) is 29.1 Å². The summed E-state index contributed by atoms with van der Waals surface area (Å²) in [5.74, 6) is 0.133. The molecule has 5 atom stereocenters. The number of nitrogens with zero attached hydrogens (tertiary/aromatic N) is 1. The fourth-order valence-corrected chi connectivity index (χ4v) is 9.04. The molecule has 9 heteroatoms. The van der Waals surface area contributed by atoms with Gasteiger partial charge in [-0.25, -0.2) is 13.1 Å². The van der Waals surface area contributed by atoms with Crippen LogP contribution in [0.2, 0.25) is 5.02 Å². The SMILES string of the molecule is C=CCC[C@@H](CC)S(=O)(=O)NC(=O)c1ccc2c(c1)N(C[C@H](C)[C@@H](CC)[C@@H](O)/C=C/CCC)C[C@@]1(CCCc3cc(Cl)ccc31)CO2. The lowest BCUT2D eigenvalue weighted by Gasteiger charge is -2.42. The van der Waals surface area contributed by atoms with E-state index in [2.05, 4.69) is 55.2 Å². The van der Waals surface area contributed by atoms with E-state index in [-0.39, 0.29) is 22.8 Å². The molecule has 0 saturated carbocycles. The third-order valence-corrected chi connectivity index (χ3v) is 12.2. The van der Waals surface area contributed by atoms with Gasteiger partial charge in [-0.05, 0) is 98.2 Å². The molecule has 1 aliphatic heterocycles. The minimum absolute atomic E-state index is 0.0299. The second kappa shape index (κ2) is 16.5. The minimum atomic E-state index is -3.88. The second-order valence-electron chi connectivity index (χ2n) is 13.4. The Hall–Kier alpha value is -2.81. The van der Waals surface area contributed by atoms with Crippen molar-refractivity contribution in [1.29, 1.82) is 0 Å². The van der Waals surface area contributed by atoms with Crippen molar-refractivity contribution in [1.82, 2.24) is 4.72 Å². The summed E-state index contributed by atoms with van der Waals surface area (Å²) in [6.07, 6.45) is 12.1. The normalized spacial score (nSPS) is 20.4. The number of aryl methyl sites for hydroxylation is 1. The Balaban J connectivity index is 1.71. The number of hydrogen-bond donors (Lipinski definition) is 2. The van der Waals surface area contributed by atoms with Crippen LogP contribution in [-0.2, 0) is 21.9 Å². The number of nitrogens with one attached hydrogen (secondary N) is 1. The second-order valence-corrected chi connectivity index (χ2v) is 15.8. The summed E-state index contributed by atoms with van der Waals surface area (Å²) in [6, 6.07) is 11.3. The Kier molecular flexibility index (Phi) is 13.0. The van der Waals surface area contributed by atoms with E-state index in [9.17, 15) is 18.3 Å². The van der Waals surface area contributed by atoms with Crippen LogP contribution in [0.15, 0.2) is 61.2 Å². The molecule has 47 heavy (non-hydrogen) atoms. The number of rotatable bonds is 15. The van der Waals surface area contributed by atoms with Crippen molar-refractivity contribution < 1.29 is 23.1 Å². The Morgan fingerprint density at radius 2 is 1.96 bits per heavy atom. The molecule has 1 aliphatic carbocycles. The van der Waals surface area contributed by atoms with E-state index in [4.69, 9.17) is 16.3 Å². The minimum Gasteiger partial charge on any atom is -0.490 e. The van der Waals surface area contributed by atoms with Gasteiger partial charge < -0.3 is 14.7 Å². The quantitative estimate of drug-likeness (QED) is 0.185. The van der Waals surface area contributed by atoms with Crippen molar-refractivity contribution >= 4 is 33.2 Å². The maximum atomic E-state index is 13.5. The van der Waals surface area contributed by atoms with Gasteiger partial charge >= 0.3 is 0 Å². The van der Waals surface area contributed by atoms with Crippen LogP contribution < -0.4 is 14.4 Å². The number of hydrogen-bond acceptors (Lipinski definition) is 6. The van der Waals surface area contributed by atoms with Gasteiger partial charge in [-0.1, -0.05) is 76.4 Å². The van der Waals surface area contributed by atoms with Gasteiger partial charge in [0.05, 0.1) is 23.6 Å². The molecule has 2 aromatic rings. The standard InChI is InChI=1S/C38H53ClN2O5S/c1-6-10-12-16-35(42)32(9-4)27(5)24-41-25-38(21-13-14-28-22-30(39)18-19-33(28)38)26-46-36-20-17-29(23-34(36)41)37(43)40-47(44,45)31(8-3)15-11-7-2/h7,12,16-20,22-23,27,31-32,35,42H,2,6,8-11,13-15,21,24-26H2,1,3-5H3,(H,40,43)/b16-12+/t27-,31+,32+,35-,38-/m0/s1. The Bertz CT molecular complexity index is 1530. The zero-order chi connectivity index (χ0) is 34.2. The number of carbonyl (C=O) groups is 1. The first-order valence-electron chi connectivity index (χ1n) is 17.3. The van der Waals surface area contributed by atoms with Crippen LogP contribution in [-0.4, -0.2) is 50.5 Å². The lowest BCUT2D eigenvalue weighted by Crippen LogP contribution is -2.47. The third kappa shape index (κ3) is 8.81. The molecule has 1 heterocycles. The highest BCUT2D eigenvalue weighted by atomic mass is 35.5. The number of halogens is 1. The third-order valence-electron chi connectivity index (χ3n) is 10.1. The lowest BCUT2D eigenvalue weighted by molar-refractivity contribution is 0.0981. The van der Waals surface area contributed by atoms with Crippen molar-refractivity contribution in [2.24, 2.45) is 11.8 Å². The van der Waals surface area contributed by atoms with Crippen LogP contribution in [0, 0.1) is 11.8 Å². The van der Waals surface area contributed by atoms with Crippen LogP contribution in [0.1, 0.15) is 101 Å². The van der Waals surface area contributed by atoms with Gasteiger partial charge in [0.15, 0.2) is 0 Å². The van der Waals surface area contributed by atoms with Crippen molar-refractivity contribution in [2.75, 3.05) is 24.6 Å². The number of allylic oxidation sites excluding steroid dienone is 2. The van der Waals surface area contributed by atoms with Crippen molar-refractivity contribution in [3.8, 4) is 5.75 Å². The van der Waals surface area contributed by atoms with Crippen LogP contribution in [0.4, 0.5) is 5.69 Å². The highest BCUT2D eigenvalue weighted by Crippen LogP contribution is 2.45. The summed E-state index contributed by atoms with van der Waals surface area (Å²) >= 11 is 6.42. The van der Waals surface area contributed by atoms with Crippen molar-refractivity contribution in [3.05, 3.63) is 82.9 Å². The number of amides is 1. The first-order chi connectivity index (χ1) is 22.5. The Labute approximate surface area is 287 Å². The Morgan fingerprint density at radius 1 is 1.17 bits per heavy atom. The van der Waals surface area contributed by atoms with Gasteiger partial charge in [-0.3, -0.25) is 4.79 Å². The van der Waals surface area contributed by atoms with Gasteiger partial charge in [-0.2, -0.15) is 0 Å². The molecule has 0 unspecified atom stereocenters. The van der Waals surface area contributed by atoms with E-state index in [1.165, 1.54) is 11.1 Å². The molecule has 4 rings (SSSR count). The predicted octanol–water partition coefficient (Wildman–Crippen LogP) is 8.00. The molecule has 2 aliphatic rings. The van der Waals surface area contributed by atoms with Gasteiger partial charge in [-0.15, -0.1) is 6.58 Å². The fraction of sp³-hybridized carbons (Fsp3) is 0.553.